The molecule has 1 aliphatic rings. The van der Waals surface area contributed by atoms with Crippen molar-refractivity contribution in [3.8, 4) is 11.3 Å². The molecule has 3 rings (SSSR count). The van der Waals surface area contributed by atoms with E-state index in [4.69, 9.17) is 5.73 Å². The average Bonchev–Trinajstić information content (AvgIpc) is 3.18. The van der Waals surface area contributed by atoms with Crippen LogP contribution in [0, 0.1) is 11.6 Å². The van der Waals surface area contributed by atoms with Gasteiger partial charge in [-0.25, -0.2) is 13.8 Å². The molecule has 1 saturated carbocycles. The molecular weight excluding hydrogens is 248 g/mol. The van der Waals surface area contributed by atoms with Gasteiger partial charge in [-0.15, -0.1) is 0 Å². The molecular formula is C14H15F2N3. The standard InChI is InChI=1S/C14H15F2N3/c1-2-19-13(17)12(18-14(19)8-6-7-8)9-4-3-5-10(15)11(9)16/h3-5,8H,2,6-7,17H2,1H3. The molecule has 5 heteroatoms. The van der Waals surface area contributed by atoms with E-state index in [-0.39, 0.29) is 5.56 Å². The van der Waals surface area contributed by atoms with Crippen LogP contribution in [0.4, 0.5) is 14.6 Å². The first kappa shape index (κ1) is 12.1. The van der Waals surface area contributed by atoms with E-state index in [2.05, 4.69) is 4.98 Å². The SMILES string of the molecule is CCn1c(C2CC2)nc(-c2cccc(F)c2F)c1N. The Balaban J connectivity index is 2.17. The topological polar surface area (TPSA) is 43.8 Å². The zero-order valence-corrected chi connectivity index (χ0v) is 10.7. The molecule has 1 aromatic heterocycles. The number of benzene rings is 1. The Morgan fingerprint density at radius 1 is 1.37 bits per heavy atom. The molecule has 1 heterocycles. The van der Waals surface area contributed by atoms with E-state index in [0.717, 1.165) is 24.7 Å². The summed E-state index contributed by atoms with van der Waals surface area (Å²) in [6.07, 6.45) is 2.17. The summed E-state index contributed by atoms with van der Waals surface area (Å²) in [5.74, 6) is -0.0617. The van der Waals surface area contributed by atoms with Crippen LogP contribution in [-0.2, 0) is 6.54 Å². The van der Waals surface area contributed by atoms with E-state index in [0.29, 0.717) is 24.0 Å². The summed E-state index contributed by atoms with van der Waals surface area (Å²) in [7, 11) is 0. The Kier molecular flexibility index (Phi) is 2.77. The van der Waals surface area contributed by atoms with Crippen LogP contribution in [0.3, 0.4) is 0 Å². The van der Waals surface area contributed by atoms with Gasteiger partial charge in [-0.1, -0.05) is 6.07 Å². The highest BCUT2D eigenvalue weighted by Crippen LogP contribution is 2.42. The average molecular weight is 263 g/mol. The van der Waals surface area contributed by atoms with Crippen molar-refractivity contribution in [2.45, 2.75) is 32.2 Å². The van der Waals surface area contributed by atoms with Crippen LogP contribution in [0.5, 0.6) is 0 Å². The van der Waals surface area contributed by atoms with Gasteiger partial charge >= 0.3 is 0 Å². The second-order valence-corrected chi connectivity index (χ2v) is 4.82. The largest absolute Gasteiger partial charge is 0.383 e. The normalized spacial score (nSPS) is 14.9. The Morgan fingerprint density at radius 3 is 2.74 bits per heavy atom. The summed E-state index contributed by atoms with van der Waals surface area (Å²) in [6.45, 7) is 2.65. The van der Waals surface area contributed by atoms with Crippen molar-refractivity contribution >= 4 is 5.82 Å². The Hall–Kier alpha value is -1.91. The van der Waals surface area contributed by atoms with Gasteiger partial charge in [0.25, 0.3) is 0 Å². The molecule has 3 nitrogen and oxygen atoms in total. The van der Waals surface area contributed by atoms with Crippen LogP contribution in [0.15, 0.2) is 18.2 Å². The second-order valence-electron chi connectivity index (χ2n) is 4.82. The van der Waals surface area contributed by atoms with E-state index in [1.54, 1.807) is 0 Å². The van der Waals surface area contributed by atoms with Crippen LogP contribution in [0.1, 0.15) is 31.5 Å². The van der Waals surface area contributed by atoms with Crippen molar-refractivity contribution in [2.75, 3.05) is 5.73 Å². The van der Waals surface area contributed by atoms with E-state index >= 15 is 0 Å². The molecule has 0 spiro atoms. The number of nitrogen functional groups attached to an aromatic ring is 1. The monoisotopic (exact) mass is 263 g/mol. The highest BCUT2D eigenvalue weighted by Gasteiger charge is 2.31. The van der Waals surface area contributed by atoms with Crippen molar-refractivity contribution in [2.24, 2.45) is 0 Å². The van der Waals surface area contributed by atoms with Gasteiger partial charge in [0.05, 0.1) is 0 Å². The molecule has 0 saturated heterocycles. The third kappa shape index (κ3) is 1.89. The van der Waals surface area contributed by atoms with Crippen LogP contribution < -0.4 is 5.73 Å². The first-order chi connectivity index (χ1) is 9.13. The summed E-state index contributed by atoms with van der Waals surface area (Å²) in [6, 6.07) is 4.07. The summed E-state index contributed by atoms with van der Waals surface area (Å²) in [4.78, 5) is 4.45. The summed E-state index contributed by atoms with van der Waals surface area (Å²) >= 11 is 0. The number of imidazole rings is 1. The predicted molar refractivity (Wildman–Crippen MR) is 69.6 cm³/mol. The fraction of sp³-hybridized carbons (Fsp3) is 0.357. The van der Waals surface area contributed by atoms with Crippen LogP contribution in [0.25, 0.3) is 11.3 Å². The molecule has 0 aliphatic heterocycles. The number of anilines is 1. The Morgan fingerprint density at radius 2 is 2.11 bits per heavy atom. The van der Waals surface area contributed by atoms with Gasteiger partial charge in [0.1, 0.15) is 17.3 Å². The minimum atomic E-state index is -0.891. The van der Waals surface area contributed by atoms with Crippen molar-refractivity contribution in [3.05, 3.63) is 35.7 Å². The summed E-state index contributed by atoms with van der Waals surface area (Å²) in [5.41, 5.74) is 6.52. The number of nitrogens with two attached hydrogens (primary N) is 1. The summed E-state index contributed by atoms with van der Waals surface area (Å²) in [5, 5.41) is 0. The minimum absolute atomic E-state index is 0.131. The molecule has 1 fully saturated rings. The molecule has 100 valence electrons. The third-order valence-electron chi connectivity index (χ3n) is 3.50. The first-order valence-electron chi connectivity index (χ1n) is 6.43. The summed E-state index contributed by atoms with van der Waals surface area (Å²) < 4.78 is 29.0. The van der Waals surface area contributed by atoms with Gasteiger partial charge in [0, 0.05) is 18.0 Å². The maximum Gasteiger partial charge on any atom is 0.168 e. The minimum Gasteiger partial charge on any atom is -0.383 e. The molecule has 1 aromatic carbocycles. The fourth-order valence-electron chi connectivity index (χ4n) is 2.35. The maximum absolute atomic E-state index is 13.8. The third-order valence-corrected chi connectivity index (χ3v) is 3.50. The van der Waals surface area contributed by atoms with Crippen molar-refractivity contribution in [3.63, 3.8) is 0 Å². The second kappa shape index (κ2) is 4.33. The maximum atomic E-state index is 13.8. The van der Waals surface area contributed by atoms with Gasteiger partial charge in [0.2, 0.25) is 0 Å². The number of hydrogen-bond donors (Lipinski definition) is 1. The lowest BCUT2D eigenvalue weighted by Crippen LogP contribution is -2.04. The van der Waals surface area contributed by atoms with Crippen molar-refractivity contribution < 1.29 is 8.78 Å². The van der Waals surface area contributed by atoms with Crippen LogP contribution in [-0.4, -0.2) is 9.55 Å². The lowest BCUT2D eigenvalue weighted by Gasteiger charge is -2.05. The number of aromatic nitrogens is 2. The quantitative estimate of drug-likeness (QED) is 0.923. The molecule has 2 N–H and O–H groups in total. The lowest BCUT2D eigenvalue weighted by atomic mass is 10.1. The zero-order chi connectivity index (χ0) is 13.6. The molecule has 19 heavy (non-hydrogen) atoms. The van der Waals surface area contributed by atoms with E-state index in [9.17, 15) is 8.78 Å². The van der Waals surface area contributed by atoms with Gasteiger partial charge in [-0.2, -0.15) is 0 Å². The molecule has 0 amide bonds. The molecule has 0 radical (unpaired) electrons. The molecule has 0 bridgehead atoms. The molecule has 0 atom stereocenters. The van der Waals surface area contributed by atoms with E-state index in [1.165, 1.54) is 12.1 Å². The van der Waals surface area contributed by atoms with Crippen molar-refractivity contribution in [1.29, 1.82) is 0 Å². The van der Waals surface area contributed by atoms with Crippen LogP contribution in [0.2, 0.25) is 0 Å². The van der Waals surface area contributed by atoms with Gasteiger partial charge in [-0.3, -0.25) is 0 Å². The van der Waals surface area contributed by atoms with Crippen molar-refractivity contribution in [1.82, 2.24) is 9.55 Å². The number of nitrogens with zero attached hydrogens (tertiary/aromatic N) is 2. The van der Waals surface area contributed by atoms with E-state index < -0.39 is 11.6 Å². The zero-order valence-electron chi connectivity index (χ0n) is 10.7. The van der Waals surface area contributed by atoms with Gasteiger partial charge < -0.3 is 10.3 Å². The highest BCUT2D eigenvalue weighted by atomic mass is 19.2. The smallest absolute Gasteiger partial charge is 0.168 e. The lowest BCUT2D eigenvalue weighted by molar-refractivity contribution is 0.511. The van der Waals surface area contributed by atoms with Gasteiger partial charge in [0.15, 0.2) is 11.6 Å². The number of hydrogen-bond acceptors (Lipinski definition) is 2. The number of rotatable bonds is 3. The Labute approximate surface area is 110 Å². The highest BCUT2D eigenvalue weighted by molar-refractivity contribution is 5.71. The molecule has 0 unspecified atom stereocenters. The predicted octanol–water partition coefficient (Wildman–Crippen LogP) is 3.31. The number of halogens is 2. The Bertz CT molecular complexity index is 630. The molecule has 1 aliphatic carbocycles. The van der Waals surface area contributed by atoms with Gasteiger partial charge in [-0.05, 0) is 31.9 Å². The fourth-order valence-corrected chi connectivity index (χ4v) is 2.35. The first-order valence-corrected chi connectivity index (χ1v) is 6.43. The molecule has 2 aromatic rings. The van der Waals surface area contributed by atoms with E-state index in [1.807, 2.05) is 11.5 Å². The van der Waals surface area contributed by atoms with Crippen LogP contribution >= 0.6 is 0 Å².